The Labute approximate surface area is 264 Å². The highest BCUT2D eigenvalue weighted by Crippen LogP contribution is 2.31. The number of carbonyl (C=O) groups is 3. The van der Waals surface area contributed by atoms with Crippen LogP contribution in [-0.4, -0.2) is 41.0 Å². The topological polar surface area (TPSA) is 87.7 Å². The standard InChI is InChI=1S/C35H52ClN3O4/c1-10-11-12-13-14-15-19-39(33(41)29(23(2)3)38-34(42)43-35(7,8)9)31(27-21-24(4)20-25(5)22-27)32(40)37-30-26(6)17-16-18-28(30)36/h16-18,20-23,29,31H,10-15,19H2,1-9H3,(H,37,40)(H,38,42). The first-order chi connectivity index (χ1) is 20.1. The molecule has 0 bridgehead atoms. The molecule has 0 aliphatic rings. The summed E-state index contributed by atoms with van der Waals surface area (Å²) in [7, 11) is 0. The lowest BCUT2D eigenvalue weighted by molar-refractivity contribution is -0.141. The second-order valence-electron chi connectivity index (χ2n) is 12.9. The molecule has 0 spiro atoms. The number of benzene rings is 2. The first-order valence-electron chi connectivity index (χ1n) is 15.6. The maximum atomic E-state index is 14.5. The van der Waals surface area contributed by atoms with E-state index in [0.717, 1.165) is 48.8 Å². The lowest BCUT2D eigenvalue weighted by atomic mass is 9.96. The van der Waals surface area contributed by atoms with Crippen molar-refractivity contribution in [2.24, 2.45) is 5.92 Å². The number of hydrogen-bond donors (Lipinski definition) is 2. The number of aryl methyl sites for hydroxylation is 3. The first kappa shape index (κ1) is 36.1. The minimum Gasteiger partial charge on any atom is -0.444 e. The average Bonchev–Trinajstić information content (AvgIpc) is 2.88. The second-order valence-corrected chi connectivity index (χ2v) is 13.3. The van der Waals surface area contributed by atoms with Gasteiger partial charge in [0.25, 0.3) is 5.91 Å². The average molecular weight is 614 g/mol. The van der Waals surface area contributed by atoms with E-state index in [-0.39, 0.29) is 17.7 Å². The summed E-state index contributed by atoms with van der Waals surface area (Å²) in [6.07, 6.45) is 5.49. The van der Waals surface area contributed by atoms with Gasteiger partial charge in [-0.25, -0.2) is 4.79 Å². The van der Waals surface area contributed by atoms with Crippen molar-refractivity contribution in [1.29, 1.82) is 0 Å². The maximum Gasteiger partial charge on any atom is 0.408 e. The van der Waals surface area contributed by atoms with Gasteiger partial charge in [-0.1, -0.05) is 106 Å². The molecular weight excluding hydrogens is 562 g/mol. The van der Waals surface area contributed by atoms with Crippen LogP contribution in [0, 0.1) is 26.7 Å². The molecule has 2 unspecified atom stereocenters. The molecule has 2 N–H and O–H groups in total. The number of alkyl carbamates (subject to hydrolysis) is 1. The zero-order valence-corrected chi connectivity index (χ0v) is 28.4. The fraction of sp³-hybridized carbons (Fsp3) is 0.571. The third kappa shape index (κ3) is 11.5. The van der Waals surface area contributed by atoms with Gasteiger partial charge in [-0.2, -0.15) is 0 Å². The highest BCUT2D eigenvalue weighted by Gasteiger charge is 2.37. The Morgan fingerprint density at radius 2 is 1.53 bits per heavy atom. The number of para-hydroxylation sites is 1. The van der Waals surface area contributed by atoms with E-state index in [4.69, 9.17) is 16.3 Å². The third-order valence-corrected chi connectivity index (χ3v) is 7.55. The molecule has 238 valence electrons. The quantitative estimate of drug-likeness (QED) is 0.209. The van der Waals surface area contributed by atoms with Crippen LogP contribution >= 0.6 is 11.6 Å². The number of unbranched alkanes of at least 4 members (excludes halogenated alkanes) is 5. The lowest BCUT2D eigenvalue weighted by Crippen LogP contribution is -2.54. The van der Waals surface area contributed by atoms with Gasteiger partial charge in [-0.05, 0) is 71.1 Å². The van der Waals surface area contributed by atoms with Gasteiger partial charge in [0, 0.05) is 6.54 Å². The van der Waals surface area contributed by atoms with Crippen molar-refractivity contribution in [2.75, 3.05) is 11.9 Å². The Morgan fingerprint density at radius 3 is 2.09 bits per heavy atom. The van der Waals surface area contributed by atoms with Gasteiger partial charge in [0.15, 0.2) is 0 Å². The van der Waals surface area contributed by atoms with Crippen LogP contribution in [-0.2, 0) is 14.3 Å². The minimum absolute atomic E-state index is 0.249. The number of rotatable bonds is 14. The summed E-state index contributed by atoms with van der Waals surface area (Å²) in [5.74, 6) is -0.939. The van der Waals surface area contributed by atoms with Crippen molar-refractivity contribution in [3.8, 4) is 0 Å². The summed E-state index contributed by atoms with van der Waals surface area (Å²) < 4.78 is 5.50. The SMILES string of the molecule is CCCCCCCCN(C(=O)C(NC(=O)OC(C)(C)C)C(C)C)C(C(=O)Nc1c(C)cccc1Cl)c1cc(C)cc(C)c1. The molecule has 7 nitrogen and oxygen atoms in total. The predicted octanol–water partition coefficient (Wildman–Crippen LogP) is 8.68. The van der Waals surface area contributed by atoms with E-state index in [1.165, 1.54) is 6.42 Å². The van der Waals surface area contributed by atoms with Crippen molar-refractivity contribution in [1.82, 2.24) is 10.2 Å². The highest BCUT2D eigenvalue weighted by atomic mass is 35.5. The zero-order valence-electron chi connectivity index (χ0n) is 27.6. The van der Waals surface area contributed by atoms with Crippen molar-refractivity contribution in [3.05, 3.63) is 63.7 Å². The van der Waals surface area contributed by atoms with Crippen LogP contribution < -0.4 is 10.6 Å². The van der Waals surface area contributed by atoms with Gasteiger partial charge in [-0.3, -0.25) is 9.59 Å². The second kappa shape index (κ2) is 16.7. The molecule has 0 fully saturated rings. The summed E-state index contributed by atoms with van der Waals surface area (Å²) in [5.41, 5.74) is 3.30. The molecular formula is C35H52ClN3O4. The maximum absolute atomic E-state index is 14.5. The third-order valence-electron chi connectivity index (χ3n) is 7.23. The van der Waals surface area contributed by atoms with Crippen molar-refractivity contribution >= 4 is 35.2 Å². The van der Waals surface area contributed by atoms with Crippen LogP contribution in [0.2, 0.25) is 5.02 Å². The summed E-state index contributed by atoms with van der Waals surface area (Å²) in [6.45, 7) is 17.5. The molecule has 8 heteroatoms. The summed E-state index contributed by atoms with van der Waals surface area (Å²) in [5, 5.41) is 6.26. The van der Waals surface area contributed by atoms with Crippen LogP contribution in [0.15, 0.2) is 36.4 Å². The molecule has 0 saturated carbocycles. The van der Waals surface area contributed by atoms with E-state index in [2.05, 4.69) is 17.6 Å². The van der Waals surface area contributed by atoms with Gasteiger partial charge < -0.3 is 20.3 Å². The van der Waals surface area contributed by atoms with E-state index >= 15 is 0 Å². The number of halogens is 1. The first-order valence-corrected chi connectivity index (χ1v) is 16.0. The number of carbonyl (C=O) groups excluding carboxylic acids is 3. The van der Waals surface area contributed by atoms with Crippen LogP contribution in [0.3, 0.4) is 0 Å². The van der Waals surface area contributed by atoms with Crippen LogP contribution in [0.1, 0.15) is 108 Å². The van der Waals surface area contributed by atoms with E-state index in [0.29, 0.717) is 22.8 Å². The molecule has 0 aliphatic heterocycles. The number of hydrogen-bond acceptors (Lipinski definition) is 4. The van der Waals surface area contributed by atoms with Gasteiger partial charge in [0.2, 0.25) is 5.91 Å². The molecule has 3 amide bonds. The van der Waals surface area contributed by atoms with Crippen LogP contribution in [0.4, 0.5) is 10.5 Å². The van der Waals surface area contributed by atoms with Gasteiger partial charge >= 0.3 is 6.09 Å². The van der Waals surface area contributed by atoms with E-state index in [1.54, 1.807) is 31.7 Å². The fourth-order valence-electron chi connectivity index (χ4n) is 5.18. The monoisotopic (exact) mass is 613 g/mol. The number of anilines is 1. The number of amides is 3. The molecule has 2 aromatic carbocycles. The number of ether oxygens (including phenoxy) is 1. The van der Waals surface area contributed by atoms with E-state index < -0.39 is 23.8 Å². The van der Waals surface area contributed by atoms with Gasteiger partial charge in [0.1, 0.15) is 17.7 Å². The Kier molecular flexibility index (Phi) is 14.0. The largest absolute Gasteiger partial charge is 0.444 e. The van der Waals surface area contributed by atoms with Gasteiger partial charge in [-0.15, -0.1) is 0 Å². The Bertz CT molecular complexity index is 1200. The summed E-state index contributed by atoms with van der Waals surface area (Å²) >= 11 is 6.51. The molecule has 2 rings (SSSR count). The number of nitrogens with zero attached hydrogens (tertiary/aromatic N) is 1. The minimum atomic E-state index is -0.945. The van der Waals surface area contributed by atoms with Crippen LogP contribution in [0.5, 0.6) is 0 Å². The zero-order chi connectivity index (χ0) is 32.3. The van der Waals surface area contributed by atoms with E-state index in [9.17, 15) is 14.4 Å². The van der Waals surface area contributed by atoms with Crippen molar-refractivity contribution in [2.45, 2.75) is 119 Å². The fourth-order valence-corrected chi connectivity index (χ4v) is 5.45. The summed E-state index contributed by atoms with van der Waals surface area (Å²) in [4.78, 5) is 43.2. The summed E-state index contributed by atoms with van der Waals surface area (Å²) in [6, 6.07) is 9.54. The smallest absolute Gasteiger partial charge is 0.408 e. The molecule has 2 atom stereocenters. The van der Waals surface area contributed by atoms with Crippen molar-refractivity contribution in [3.63, 3.8) is 0 Å². The lowest BCUT2D eigenvalue weighted by Gasteiger charge is -2.36. The molecule has 2 aromatic rings. The Hall–Kier alpha value is -3.06. The molecule has 0 saturated heterocycles. The van der Waals surface area contributed by atoms with E-state index in [1.807, 2.05) is 65.0 Å². The highest BCUT2D eigenvalue weighted by molar-refractivity contribution is 6.34. The molecule has 0 heterocycles. The Balaban J connectivity index is 2.59. The molecule has 0 aliphatic carbocycles. The van der Waals surface area contributed by atoms with Gasteiger partial charge in [0.05, 0.1) is 10.7 Å². The van der Waals surface area contributed by atoms with Crippen molar-refractivity contribution < 1.29 is 19.1 Å². The van der Waals surface area contributed by atoms with Crippen LogP contribution in [0.25, 0.3) is 0 Å². The number of nitrogens with one attached hydrogen (secondary N) is 2. The normalized spacial score (nSPS) is 12.9. The molecule has 43 heavy (non-hydrogen) atoms. The molecule has 0 radical (unpaired) electrons. The Morgan fingerprint density at radius 1 is 0.930 bits per heavy atom. The predicted molar refractivity (Wildman–Crippen MR) is 177 cm³/mol. The molecule has 0 aromatic heterocycles.